The van der Waals surface area contributed by atoms with Gasteiger partial charge in [0.25, 0.3) is 0 Å². The number of hydrogen-bond acceptors (Lipinski definition) is 2. The van der Waals surface area contributed by atoms with Crippen molar-refractivity contribution < 1.29 is 0 Å². The Labute approximate surface area is 89.3 Å². The van der Waals surface area contributed by atoms with Crippen LogP contribution in [0.3, 0.4) is 0 Å². The fourth-order valence-electron chi connectivity index (χ4n) is 1.67. The summed E-state index contributed by atoms with van der Waals surface area (Å²) in [5.41, 5.74) is 9.20. The van der Waals surface area contributed by atoms with Gasteiger partial charge in [0, 0.05) is 6.04 Å². The molecular formula is C12H15N3. The highest BCUT2D eigenvalue weighted by molar-refractivity contribution is 5.62. The fraction of sp³-hybridized carbons (Fsp3) is 0.250. The van der Waals surface area contributed by atoms with Crippen molar-refractivity contribution in [3.63, 3.8) is 0 Å². The molecule has 78 valence electrons. The third-order valence-electron chi connectivity index (χ3n) is 2.32. The summed E-state index contributed by atoms with van der Waals surface area (Å²) in [6.45, 7) is 2.00. The van der Waals surface area contributed by atoms with Crippen LogP contribution in [0, 0.1) is 0 Å². The molecule has 0 spiro atoms. The molecule has 1 heterocycles. The van der Waals surface area contributed by atoms with E-state index in [0.29, 0.717) is 0 Å². The van der Waals surface area contributed by atoms with E-state index in [9.17, 15) is 0 Å². The van der Waals surface area contributed by atoms with Crippen LogP contribution in [0.1, 0.15) is 12.5 Å². The largest absolute Gasteiger partial charge is 0.328 e. The SMILES string of the molecule is C[C@H](N)Cc1cn[nH]c1-c1ccccc1. The lowest BCUT2D eigenvalue weighted by molar-refractivity contribution is 0.739. The van der Waals surface area contributed by atoms with E-state index < -0.39 is 0 Å². The molecule has 15 heavy (non-hydrogen) atoms. The first-order valence-corrected chi connectivity index (χ1v) is 5.10. The van der Waals surface area contributed by atoms with E-state index in [4.69, 9.17) is 5.73 Å². The number of aromatic amines is 1. The van der Waals surface area contributed by atoms with Crippen molar-refractivity contribution >= 4 is 0 Å². The topological polar surface area (TPSA) is 54.7 Å². The molecule has 1 aromatic heterocycles. The van der Waals surface area contributed by atoms with Crippen molar-refractivity contribution in [2.75, 3.05) is 0 Å². The maximum atomic E-state index is 5.79. The molecule has 0 bridgehead atoms. The van der Waals surface area contributed by atoms with Gasteiger partial charge < -0.3 is 5.73 Å². The van der Waals surface area contributed by atoms with Crippen LogP contribution in [0.15, 0.2) is 36.5 Å². The van der Waals surface area contributed by atoms with Gasteiger partial charge in [-0.25, -0.2) is 0 Å². The number of H-pyrrole nitrogens is 1. The summed E-state index contributed by atoms with van der Waals surface area (Å²) in [5.74, 6) is 0. The van der Waals surface area contributed by atoms with Gasteiger partial charge in [0.15, 0.2) is 0 Å². The summed E-state index contributed by atoms with van der Waals surface area (Å²) >= 11 is 0. The summed E-state index contributed by atoms with van der Waals surface area (Å²) in [6, 6.07) is 10.3. The van der Waals surface area contributed by atoms with Gasteiger partial charge in [-0.2, -0.15) is 5.10 Å². The van der Waals surface area contributed by atoms with Crippen LogP contribution in [0.5, 0.6) is 0 Å². The van der Waals surface area contributed by atoms with Crippen molar-refractivity contribution in [1.82, 2.24) is 10.2 Å². The van der Waals surface area contributed by atoms with Crippen molar-refractivity contribution in [2.45, 2.75) is 19.4 Å². The van der Waals surface area contributed by atoms with Crippen LogP contribution in [0.4, 0.5) is 0 Å². The highest BCUT2D eigenvalue weighted by Crippen LogP contribution is 2.21. The van der Waals surface area contributed by atoms with Crippen molar-refractivity contribution in [3.8, 4) is 11.3 Å². The summed E-state index contributed by atoms with van der Waals surface area (Å²) < 4.78 is 0. The van der Waals surface area contributed by atoms with Gasteiger partial charge in [0.2, 0.25) is 0 Å². The second-order valence-corrected chi connectivity index (χ2v) is 3.82. The van der Waals surface area contributed by atoms with Gasteiger partial charge >= 0.3 is 0 Å². The third kappa shape index (κ3) is 2.25. The molecule has 2 aromatic rings. The molecule has 3 heteroatoms. The average molecular weight is 201 g/mol. The van der Waals surface area contributed by atoms with E-state index in [1.54, 1.807) is 0 Å². The summed E-state index contributed by atoms with van der Waals surface area (Å²) in [7, 11) is 0. The van der Waals surface area contributed by atoms with E-state index in [2.05, 4.69) is 22.3 Å². The first-order chi connectivity index (χ1) is 7.27. The molecule has 1 aromatic carbocycles. The highest BCUT2D eigenvalue weighted by atomic mass is 15.1. The Hall–Kier alpha value is -1.61. The lowest BCUT2D eigenvalue weighted by Gasteiger charge is -2.05. The van der Waals surface area contributed by atoms with E-state index >= 15 is 0 Å². The van der Waals surface area contributed by atoms with Gasteiger partial charge in [-0.3, -0.25) is 5.10 Å². The van der Waals surface area contributed by atoms with Crippen molar-refractivity contribution in [3.05, 3.63) is 42.1 Å². The monoisotopic (exact) mass is 201 g/mol. The zero-order valence-corrected chi connectivity index (χ0v) is 8.77. The summed E-state index contributed by atoms with van der Waals surface area (Å²) in [6.07, 6.45) is 2.70. The number of nitrogens with two attached hydrogens (primary N) is 1. The van der Waals surface area contributed by atoms with Gasteiger partial charge in [0.1, 0.15) is 0 Å². The minimum Gasteiger partial charge on any atom is -0.328 e. The van der Waals surface area contributed by atoms with Crippen molar-refractivity contribution in [1.29, 1.82) is 0 Å². The molecular weight excluding hydrogens is 186 g/mol. The van der Waals surface area contributed by atoms with E-state index in [-0.39, 0.29) is 6.04 Å². The molecule has 0 unspecified atom stereocenters. The van der Waals surface area contributed by atoms with Gasteiger partial charge in [-0.1, -0.05) is 30.3 Å². The van der Waals surface area contributed by atoms with Crippen LogP contribution < -0.4 is 5.73 Å². The predicted octanol–water partition coefficient (Wildman–Crippen LogP) is 1.97. The second-order valence-electron chi connectivity index (χ2n) is 3.82. The van der Waals surface area contributed by atoms with Gasteiger partial charge in [0.05, 0.1) is 11.9 Å². The minimum absolute atomic E-state index is 0.157. The van der Waals surface area contributed by atoms with Crippen LogP contribution in [-0.2, 0) is 6.42 Å². The Morgan fingerprint density at radius 3 is 2.73 bits per heavy atom. The first kappa shape index (κ1) is 9.93. The highest BCUT2D eigenvalue weighted by Gasteiger charge is 2.08. The molecule has 0 aliphatic heterocycles. The molecule has 0 radical (unpaired) electrons. The Balaban J connectivity index is 2.33. The summed E-state index contributed by atoms with van der Waals surface area (Å²) in [4.78, 5) is 0. The Morgan fingerprint density at radius 2 is 2.07 bits per heavy atom. The molecule has 0 aliphatic rings. The van der Waals surface area contributed by atoms with E-state index in [1.807, 2.05) is 31.3 Å². The fourth-order valence-corrected chi connectivity index (χ4v) is 1.67. The lowest BCUT2D eigenvalue weighted by Crippen LogP contribution is -2.17. The van der Waals surface area contributed by atoms with E-state index in [1.165, 1.54) is 5.56 Å². The molecule has 0 saturated carbocycles. The molecule has 1 atom stereocenters. The molecule has 3 N–H and O–H groups in total. The number of benzene rings is 1. The molecule has 0 amide bonds. The average Bonchev–Trinajstić information content (AvgIpc) is 2.66. The normalized spacial score (nSPS) is 12.7. The number of hydrogen-bond donors (Lipinski definition) is 2. The standard InChI is InChI=1S/C12H15N3/c1-9(13)7-11-8-14-15-12(11)10-5-3-2-4-6-10/h2-6,8-9H,7,13H2,1H3,(H,14,15)/t9-/m0/s1. The third-order valence-corrected chi connectivity index (χ3v) is 2.32. The maximum Gasteiger partial charge on any atom is 0.0682 e. The molecule has 2 rings (SSSR count). The molecule has 0 saturated heterocycles. The Bertz CT molecular complexity index is 417. The number of rotatable bonds is 3. The zero-order chi connectivity index (χ0) is 10.7. The van der Waals surface area contributed by atoms with Gasteiger partial charge in [-0.15, -0.1) is 0 Å². The molecule has 0 aliphatic carbocycles. The molecule has 0 fully saturated rings. The second kappa shape index (κ2) is 4.28. The smallest absolute Gasteiger partial charge is 0.0682 e. The number of nitrogens with one attached hydrogen (secondary N) is 1. The Morgan fingerprint density at radius 1 is 1.33 bits per heavy atom. The van der Waals surface area contributed by atoms with Crippen LogP contribution >= 0.6 is 0 Å². The summed E-state index contributed by atoms with van der Waals surface area (Å²) in [5, 5.41) is 7.09. The number of nitrogens with zero attached hydrogens (tertiary/aromatic N) is 1. The lowest BCUT2D eigenvalue weighted by atomic mass is 10.0. The molecule has 3 nitrogen and oxygen atoms in total. The van der Waals surface area contributed by atoms with Crippen LogP contribution in [0.2, 0.25) is 0 Å². The van der Waals surface area contributed by atoms with Crippen molar-refractivity contribution in [2.24, 2.45) is 5.73 Å². The van der Waals surface area contributed by atoms with Crippen LogP contribution in [-0.4, -0.2) is 16.2 Å². The maximum absolute atomic E-state index is 5.79. The van der Waals surface area contributed by atoms with E-state index in [0.717, 1.165) is 17.7 Å². The van der Waals surface area contributed by atoms with Crippen LogP contribution in [0.25, 0.3) is 11.3 Å². The number of aromatic nitrogens is 2. The quantitative estimate of drug-likeness (QED) is 0.797. The Kier molecular flexibility index (Phi) is 2.83. The minimum atomic E-state index is 0.157. The zero-order valence-electron chi connectivity index (χ0n) is 8.77. The first-order valence-electron chi connectivity index (χ1n) is 5.10. The van der Waals surface area contributed by atoms with Gasteiger partial charge in [-0.05, 0) is 24.5 Å². The predicted molar refractivity (Wildman–Crippen MR) is 61.4 cm³/mol.